The maximum Gasteiger partial charge on any atom is 0.421 e. The molecule has 5 heterocycles. The van der Waals surface area contributed by atoms with Gasteiger partial charge in [-0.1, -0.05) is 29.2 Å². The molecule has 5 aromatic rings. The number of piperidine rings is 1. The number of carbonyl (C=O) groups excluding carboxylic acids is 4. The Morgan fingerprint density at radius 1 is 1.02 bits per heavy atom. The monoisotopic (exact) mass is 930 g/mol. The van der Waals surface area contributed by atoms with Gasteiger partial charge in [-0.3, -0.25) is 28.8 Å². The Labute approximate surface area is 375 Å². The topological polar surface area (TPSA) is 245 Å². The summed E-state index contributed by atoms with van der Waals surface area (Å²) >= 11 is 0. The van der Waals surface area contributed by atoms with Gasteiger partial charge < -0.3 is 30.3 Å². The summed E-state index contributed by atoms with van der Waals surface area (Å²) in [6.45, 7) is 1.14. The summed E-state index contributed by atoms with van der Waals surface area (Å²) in [7, 11) is -2.42. The Balaban J connectivity index is 0.834. The van der Waals surface area contributed by atoms with Gasteiger partial charge in [0.1, 0.15) is 29.8 Å². The largest absolute Gasteiger partial charge is 0.421 e. The van der Waals surface area contributed by atoms with Crippen LogP contribution < -0.4 is 25.6 Å². The molecule has 2 aromatic carbocycles. The Morgan fingerprint density at radius 2 is 1.79 bits per heavy atom. The third kappa shape index (κ3) is 11.4. The maximum atomic E-state index is 13.9. The Kier molecular flexibility index (Phi) is 14.2. The van der Waals surface area contributed by atoms with E-state index in [4.69, 9.17) is 9.47 Å². The number of alkyl halides is 3. The van der Waals surface area contributed by atoms with Crippen LogP contribution in [0.1, 0.15) is 55.9 Å². The quantitative estimate of drug-likeness (QED) is 0.0594. The summed E-state index contributed by atoms with van der Waals surface area (Å²) in [5, 5.41) is 18.3. The molecule has 1 fully saturated rings. The lowest BCUT2D eigenvalue weighted by Gasteiger charge is -2.29. The SMILES string of the molecule is CN(c1ncccc1CNc1nc(Nc2ccc(NC(=O)c3cn(CCOCCOCC#Cc4cccc5c4CN(C4CCC(=O)NC4=O)C5=O)nn3)cc2)ncc1C(F)(F)F)S(C)(=O)=O. The molecule has 0 bridgehead atoms. The zero-order chi connectivity index (χ0) is 47.0. The van der Waals surface area contributed by atoms with E-state index in [1.165, 1.54) is 41.2 Å². The second-order valence-corrected chi connectivity index (χ2v) is 16.8. The molecule has 2 aliphatic rings. The van der Waals surface area contributed by atoms with Crippen LogP contribution in [0.2, 0.25) is 0 Å². The van der Waals surface area contributed by atoms with Crippen LogP contribution in [0.15, 0.2) is 73.2 Å². The molecule has 2 aliphatic heterocycles. The highest BCUT2D eigenvalue weighted by Crippen LogP contribution is 2.35. The van der Waals surface area contributed by atoms with Crippen molar-refractivity contribution in [2.75, 3.05) is 60.0 Å². The lowest BCUT2D eigenvalue weighted by atomic mass is 10.0. The van der Waals surface area contributed by atoms with Crippen LogP contribution in [0.3, 0.4) is 0 Å². The number of hydrogen-bond acceptors (Lipinski definition) is 15. The fraction of sp³-hybridized carbons (Fsp3) is 0.310. The van der Waals surface area contributed by atoms with Gasteiger partial charge in [-0.25, -0.2) is 23.1 Å². The first-order valence-corrected chi connectivity index (χ1v) is 22.0. The van der Waals surface area contributed by atoms with Crippen molar-refractivity contribution in [2.24, 2.45) is 0 Å². The zero-order valence-corrected chi connectivity index (χ0v) is 36.1. The van der Waals surface area contributed by atoms with E-state index in [0.29, 0.717) is 40.8 Å². The van der Waals surface area contributed by atoms with E-state index in [9.17, 15) is 40.8 Å². The molecule has 344 valence electrons. The van der Waals surface area contributed by atoms with E-state index >= 15 is 0 Å². The van der Waals surface area contributed by atoms with Crippen molar-refractivity contribution in [1.29, 1.82) is 0 Å². The number of halogens is 3. The normalized spacial score (nSPS) is 14.8. The number of rotatable bonds is 17. The number of amides is 4. The van der Waals surface area contributed by atoms with Crippen molar-refractivity contribution in [3.8, 4) is 11.8 Å². The lowest BCUT2D eigenvalue weighted by molar-refractivity contribution is -0.138. The number of hydrogen-bond donors (Lipinski definition) is 4. The molecule has 1 atom stereocenters. The standard InChI is InChI=1S/C42H41F3N12O8S/c1-55(66(2,62)63)37-27(7-4-16-46-37)22-47-36-32(42(43,44)45)23-48-41(52-36)50-29-12-10-28(11-13-29)49-38(59)33-25-56(54-53-33)17-19-65-21-20-64-18-5-8-26-6-3-9-30-31(26)24-57(40(30)61)34-14-15-35(58)51-39(34)60/h3-4,6-7,9-13,16,23,25,34H,14-15,17-22,24H2,1-2H3,(H,49,59)(H,51,58,60)(H2,47,48,50,52). The minimum Gasteiger partial charge on any atom is -0.377 e. The van der Waals surface area contributed by atoms with Crippen molar-refractivity contribution in [3.05, 3.63) is 107 Å². The Morgan fingerprint density at radius 3 is 2.55 bits per heavy atom. The van der Waals surface area contributed by atoms with Crippen LogP contribution in [0.25, 0.3) is 0 Å². The molecule has 0 aliphatic carbocycles. The number of nitrogens with one attached hydrogen (secondary N) is 4. The fourth-order valence-corrected chi connectivity index (χ4v) is 7.26. The number of sulfonamides is 1. The molecular formula is C42H41F3N12O8S. The zero-order valence-electron chi connectivity index (χ0n) is 35.3. The van der Waals surface area contributed by atoms with Gasteiger partial charge >= 0.3 is 6.18 Å². The minimum absolute atomic E-state index is 0.0363. The van der Waals surface area contributed by atoms with E-state index in [1.807, 2.05) is 0 Å². The molecule has 1 unspecified atom stereocenters. The molecule has 0 radical (unpaired) electrons. The summed E-state index contributed by atoms with van der Waals surface area (Å²) in [6, 6.07) is 13.8. The molecule has 66 heavy (non-hydrogen) atoms. The first-order valence-electron chi connectivity index (χ1n) is 20.1. The molecule has 24 heteroatoms. The number of nitrogens with zero attached hydrogens (tertiary/aromatic N) is 8. The smallest absolute Gasteiger partial charge is 0.377 e. The summed E-state index contributed by atoms with van der Waals surface area (Å²) in [4.78, 5) is 63.2. The number of aromatic nitrogens is 6. The number of pyridine rings is 1. The van der Waals surface area contributed by atoms with Gasteiger partial charge in [-0.05, 0) is 54.4 Å². The van der Waals surface area contributed by atoms with E-state index in [-0.39, 0.29) is 81.6 Å². The molecular weight excluding hydrogens is 890 g/mol. The van der Waals surface area contributed by atoms with Crippen molar-refractivity contribution in [2.45, 2.75) is 44.7 Å². The van der Waals surface area contributed by atoms with E-state index in [0.717, 1.165) is 16.1 Å². The number of fused-ring (bicyclic) bond motifs is 1. The molecule has 20 nitrogen and oxygen atoms in total. The van der Waals surface area contributed by atoms with Gasteiger partial charge in [0.15, 0.2) is 5.69 Å². The average Bonchev–Trinajstić information content (AvgIpc) is 3.90. The third-order valence-corrected chi connectivity index (χ3v) is 11.4. The van der Waals surface area contributed by atoms with E-state index in [2.05, 4.69) is 58.4 Å². The molecule has 7 rings (SSSR count). The first-order chi connectivity index (χ1) is 31.5. The molecule has 3 aromatic heterocycles. The molecule has 4 N–H and O–H groups in total. The Hall–Kier alpha value is -7.49. The van der Waals surface area contributed by atoms with Gasteiger partial charge in [-0.2, -0.15) is 18.2 Å². The lowest BCUT2D eigenvalue weighted by Crippen LogP contribution is -2.52. The predicted molar refractivity (Wildman–Crippen MR) is 231 cm³/mol. The van der Waals surface area contributed by atoms with E-state index in [1.54, 1.807) is 42.5 Å². The summed E-state index contributed by atoms with van der Waals surface area (Å²) < 4.78 is 79.4. The summed E-state index contributed by atoms with van der Waals surface area (Å²) in [5.41, 5.74) is 1.83. The van der Waals surface area contributed by atoms with Crippen LogP contribution in [-0.4, -0.2) is 113 Å². The van der Waals surface area contributed by atoms with Gasteiger partial charge in [0.05, 0.1) is 38.8 Å². The second-order valence-electron chi connectivity index (χ2n) is 14.7. The number of carbonyl (C=O) groups is 4. The molecule has 0 saturated carbocycles. The highest BCUT2D eigenvalue weighted by atomic mass is 32.2. The minimum atomic E-state index is -4.80. The second kappa shape index (κ2) is 20.1. The number of benzene rings is 2. The van der Waals surface area contributed by atoms with Crippen LogP contribution in [0, 0.1) is 11.8 Å². The predicted octanol–water partition coefficient (Wildman–Crippen LogP) is 3.33. The van der Waals surface area contributed by atoms with Crippen LogP contribution in [0.4, 0.5) is 42.1 Å². The van der Waals surface area contributed by atoms with Gasteiger partial charge in [0.2, 0.25) is 27.8 Å². The third-order valence-electron chi connectivity index (χ3n) is 10.2. The summed E-state index contributed by atoms with van der Waals surface area (Å²) in [6.07, 6.45) is 0.0538. The van der Waals surface area contributed by atoms with Crippen molar-refractivity contribution < 1.29 is 50.2 Å². The molecule has 0 spiro atoms. The number of anilines is 5. The van der Waals surface area contributed by atoms with Gasteiger partial charge in [-0.15, -0.1) is 5.10 Å². The van der Waals surface area contributed by atoms with Crippen molar-refractivity contribution >= 4 is 62.6 Å². The van der Waals surface area contributed by atoms with Crippen molar-refractivity contribution in [3.63, 3.8) is 0 Å². The number of imide groups is 1. The number of ether oxygens (including phenoxy) is 2. The summed E-state index contributed by atoms with van der Waals surface area (Å²) in [5.74, 6) is 3.65. The first kappa shape index (κ1) is 46.5. The molecule has 1 saturated heterocycles. The van der Waals surface area contributed by atoms with Crippen LogP contribution >= 0.6 is 0 Å². The Bertz CT molecular complexity index is 2810. The van der Waals surface area contributed by atoms with Crippen LogP contribution in [-0.2, 0) is 54.9 Å². The van der Waals surface area contributed by atoms with E-state index < -0.39 is 45.4 Å². The van der Waals surface area contributed by atoms with Gasteiger partial charge in [0, 0.05) is 67.0 Å². The highest BCUT2D eigenvalue weighted by Gasteiger charge is 2.40. The molecule has 4 amide bonds. The van der Waals surface area contributed by atoms with Gasteiger partial charge in [0.25, 0.3) is 11.8 Å². The van der Waals surface area contributed by atoms with Crippen LogP contribution in [0.5, 0.6) is 0 Å². The highest BCUT2D eigenvalue weighted by molar-refractivity contribution is 7.92. The fourth-order valence-electron chi connectivity index (χ4n) is 6.78. The maximum absolute atomic E-state index is 13.9. The van der Waals surface area contributed by atoms with Crippen molar-refractivity contribution in [1.82, 2.24) is 40.2 Å². The average molecular weight is 931 g/mol.